The van der Waals surface area contributed by atoms with Crippen LogP contribution < -0.4 is 16.0 Å². The van der Waals surface area contributed by atoms with Crippen molar-refractivity contribution in [3.63, 3.8) is 0 Å². The lowest BCUT2D eigenvalue weighted by Gasteiger charge is -2.15. The molecule has 0 aliphatic carbocycles. The molecule has 0 unspecified atom stereocenters. The molecule has 30 heavy (non-hydrogen) atoms. The van der Waals surface area contributed by atoms with Crippen LogP contribution in [0.4, 0.5) is 11.4 Å². The van der Waals surface area contributed by atoms with E-state index in [1.807, 2.05) is 30.5 Å². The van der Waals surface area contributed by atoms with Crippen LogP contribution in [0.15, 0.2) is 54.7 Å². The molecule has 0 saturated carbocycles. The molecule has 7 nitrogen and oxygen atoms in total. The average Bonchev–Trinajstić information content (AvgIpc) is 3.12. The van der Waals surface area contributed by atoms with Crippen LogP contribution in [0.5, 0.6) is 0 Å². The molecular weight excluding hydrogens is 380 g/mol. The van der Waals surface area contributed by atoms with Crippen molar-refractivity contribution in [2.45, 2.75) is 38.8 Å². The highest BCUT2D eigenvalue weighted by Crippen LogP contribution is 2.27. The van der Waals surface area contributed by atoms with Crippen molar-refractivity contribution >= 4 is 40.0 Å². The Hall–Kier alpha value is -3.61. The number of fused-ring (bicyclic) bond motifs is 2. The van der Waals surface area contributed by atoms with Crippen LogP contribution in [0.1, 0.15) is 43.1 Å². The van der Waals surface area contributed by atoms with Crippen molar-refractivity contribution in [2.24, 2.45) is 0 Å². The summed E-state index contributed by atoms with van der Waals surface area (Å²) in [4.78, 5) is 37.4. The minimum Gasteiger partial charge on any atom is -0.345 e. The fraction of sp³-hybridized carbons (Fsp3) is 0.261. The summed E-state index contributed by atoms with van der Waals surface area (Å²) >= 11 is 0. The smallest absolute Gasteiger partial charge is 0.254 e. The number of rotatable bonds is 5. The summed E-state index contributed by atoms with van der Waals surface area (Å²) < 4.78 is 2.15. The molecule has 3 N–H and O–H groups in total. The van der Waals surface area contributed by atoms with Gasteiger partial charge in [0.15, 0.2) is 0 Å². The van der Waals surface area contributed by atoms with Crippen LogP contribution in [0, 0.1) is 0 Å². The highest BCUT2D eigenvalue weighted by Gasteiger charge is 2.27. The third-order valence-corrected chi connectivity index (χ3v) is 5.30. The Labute approximate surface area is 174 Å². The van der Waals surface area contributed by atoms with Crippen LogP contribution in [0.25, 0.3) is 10.9 Å². The first-order valence-electron chi connectivity index (χ1n) is 10.0. The second-order valence-electron chi connectivity index (χ2n) is 7.70. The third kappa shape index (κ3) is 3.78. The SMILES string of the molecule is CC(C)n1ccc2c(NC(=O)CC[C@H]3NC(=O)c4ccccc4NC3=O)cccc21. The number of hydrogen-bond donors (Lipinski definition) is 3. The summed E-state index contributed by atoms with van der Waals surface area (Å²) in [6, 6.07) is 14.2. The van der Waals surface area contributed by atoms with Crippen LogP contribution in [0.3, 0.4) is 0 Å². The van der Waals surface area contributed by atoms with Crippen LogP contribution in [-0.2, 0) is 9.59 Å². The van der Waals surface area contributed by atoms with E-state index in [1.54, 1.807) is 24.3 Å². The molecule has 2 heterocycles. The summed E-state index contributed by atoms with van der Waals surface area (Å²) in [5.74, 6) is -0.852. The van der Waals surface area contributed by atoms with Gasteiger partial charge in [-0.2, -0.15) is 0 Å². The van der Waals surface area contributed by atoms with Crippen LogP contribution in [-0.4, -0.2) is 28.3 Å². The van der Waals surface area contributed by atoms with Crippen molar-refractivity contribution in [3.8, 4) is 0 Å². The minimum atomic E-state index is -0.770. The number of carbonyl (C=O) groups excluding carboxylic acids is 3. The highest BCUT2D eigenvalue weighted by atomic mass is 16.2. The molecule has 0 saturated heterocycles. The Kier molecular flexibility index (Phi) is 5.27. The zero-order valence-electron chi connectivity index (χ0n) is 16.9. The van der Waals surface area contributed by atoms with Gasteiger partial charge < -0.3 is 20.5 Å². The van der Waals surface area contributed by atoms with Crippen LogP contribution in [0.2, 0.25) is 0 Å². The quantitative estimate of drug-likeness (QED) is 0.606. The fourth-order valence-corrected chi connectivity index (χ4v) is 3.75. The molecule has 0 bridgehead atoms. The molecule has 1 aromatic heterocycles. The third-order valence-electron chi connectivity index (χ3n) is 5.30. The van der Waals surface area contributed by atoms with E-state index in [1.165, 1.54) is 0 Å². The molecule has 3 aromatic rings. The maximum atomic E-state index is 12.6. The lowest BCUT2D eigenvalue weighted by Crippen LogP contribution is -2.41. The van der Waals surface area contributed by atoms with Gasteiger partial charge in [-0.25, -0.2) is 0 Å². The predicted molar refractivity (Wildman–Crippen MR) is 117 cm³/mol. The number of nitrogens with one attached hydrogen (secondary N) is 3. The lowest BCUT2D eigenvalue weighted by molar-refractivity contribution is -0.118. The van der Waals surface area contributed by atoms with Crippen molar-refractivity contribution in [1.82, 2.24) is 9.88 Å². The number of hydrogen-bond acceptors (Lipinski definition) is 3. The molecule has 2 aromatic carbocycles. The summed E-state index contributed by atoms with van der Waals surface area (Å²) in [5.41, 5.74) is 2.68. The second kappa shape index (κ2) is 8.02. The van der Waals surface area contributed by atoms with E-state index in [4.69, 9.17) is 0 Å². The van der Waals surface area contributed by atoms with E-state index >= 15 is 0 Å². The van der Waals surface area contributed by atoms with E-state index in [-0.39, 0.29) is 30.6 Å². The zero-order chi connectivity index (χ0) is 21.3. The van der Waals surface area contributed by atoms with E-state index in [0.29, 0.717) is 17.3 Å². The van der Waals surface area contributed by atoms with Gasteiger partial charge in [0.2, 0.25) is 11.8 Å². The normalized spacial score (nSPS) is 16.0. The van der Waals surface area contributed by atoms with Crippen molar-refractivity contribution < 1.29 is 14.4 Å². The molecule has 1 atom stereocenters. The predicted octanol–water partition coefficient (Wildman–Crippen LogP) is 3.69. The van der Waals surface area contributed by atoms with Crippen LogP contribution >= 0.6 is 0 Å². The fourth-order valence-electron chi connectivity index (χ4n) is 3.75. The first kappa shape index (κ1) is 19.7. The summed E-state index contributed by atoms with van der Waals surface area (Å²) in [6.45, 7) is 4.21. The van der Waals surface area contributed by atoms with Crippen molar-refractivity contribution in [1.29, 1.82) is 0 Å². The van der Waals surface area contributed by atoms with Gasteiger partial charge >= 0.3 is 0 Å². The number of nitrogens with zero attached hydrogens (tertiary/aromatic N) is 1. The monoisotopic (exact) mass is 404 g/mol. The van der Waals surface area contributed by atoms with E-state index in [9.17, 15) is 14.4 Å². The topological polar surface area (TPSA) is 92.2 Å². The molecule has 0 spiro atoms. The van der Waals surface area contributed by atoms with E-state index in [2.05, 4.69) is 34.4 Å². The molecule has 1 aliphatic heterocycles. The summed E-state index contributed by atoms with van der Waals surface area (Å²) in [7, 11) is 0. The minimum absolute atomic E-state index is 0.107. The van der Waals surface area contributed by atoms with E-state index < -0.39 is 6.04 Å². The number of carbonyl (C=O) groups is 3. The largest absolute Gasteiger partial charge is 0.345 e. The van der Waals surface area contributed by atoms with Crippen molar-refractivity contribution in [2.75, 3.05) is 10.6 Å². The Morgan fingerprint density at radius 3 is 2.70 bits per heavy atom. The summed E-state index contributed by atoms with van der Waals surface area (Å²) in [6.07, 6.45) is 2.32. The molecule has 7 heteroatoms. The lowest BCUT2D eigenvalue weighted by atomic mass is 10.1. The molecule has 3 amide bonds. The molecule has 1 aliphatic rings. The number of para-hydroxylation sites is 1. The van der Waals surface area contributed by atoms with Gasteiger partial charge in [0.25, 0.3) is 5.91 Å². The van der Waals surface area contributed by atoms with Crippen molar-refractivity contribution in [3.05, 3.63) is 60.3 Å². The van der Waals surface area contributed by atoms with Gasteiger partial charge in [-0.1, -0.05) is 18.2 Å². The Morgan fingerprint density at radius 1 is 1.10 bits per heavy atom. The molecule has 0 radical (unpaired) electrons. The average molecular weight is 404 g/mol. The molecular formula is C23H24N4O3. The number of anilines is 2. The van der Waals surface area contributed by atoms with Gasteiger partial charge in [-0.05, 0) is 50.6 Å². The van der Waals surface area contributed by atoms with E-state index in [0.717, 1.165) is 16.6 Å². The van der Waals surface area contributed by atoms with Gasteiger partial charge in [0, 0.05) is 24.0 Å². The molecule has 154 valence electrons. The van der Waals surface area contributed by atoms with Gasteiger partial charge in [0.05, 0.1) is 22.5 Å². The first-order valence-corrected chi connectivity index (χ1v) is 10.0. The number of aromatic nitrogens is 1. The number of benzene rings is 2. The first-order chi connectivity index (χ1) is 14.4. The Bertz CT molecular complexity index is 1130. The zero-order valence-corrected chi connectivity index (χ0v) is 16.9. The maximum Gasteiger partial charge on any atom is 0.254 e. The molecule has 0 fully saturated rings. The second-order valence-corrected chi connectivity index (χ2v) is 7.70. The number of amides is 3. The van der Waals surface area contributed by atoms with Gasteiger partial charge in [-0.3, -0.25) is 14.4 Å². The maximum absolute atomic E-state index is 12.6. The summed E-state index contributed by atoms with van der Waals surface area (Å²) in [5, 5.41) is 9.38. The molecule has 4 rings (SSSR count). The van der Waals surface area contributed by atoms with Gasteiger partial charge in [0.1, 0.15) is 6.04 Å². The Morgan fingerprint density at radius 2 is 1.90 bits per heavy atom. The highest BCUT2D eigenvalue weighted by molar-refractivity contribution is 6.10. The standard InChI is InChI=1S/C23H24N4O3/c1-14(2)27-13-12-15-17(8-5-9-20(15)27)24-21(28)11-10-19-23(30)25-18-7-4-3-6-16(18)22(29)26-19/h3-9,12-14,19H,10-11H2,1-2H3,(H,24,28)(H,25,30)(H,26,29)/t19-/m1/s1. The Balaban J connectivity index is 1.43. The van der Waals surface area contributed by atoms with Gasteiger partial charge in [-0.15, -0.1) is 0 Å².